The molecule has 0 radical (unpaired) electrons. The standard InChI is InChI=1S/C6H11N3S/c1-4-5(2-3-7)10-6(8)9-4/h2-3,7H2,1H3,(H2,8,9)/p+1. The molecule has 3 nitrogen and oxygen atoms in total. The predicted molar refractivity (Wildman–Crippen MR) is 42.7 cm³/mol. The summed E-state index contributed by atoms with van der Waals surface area (Å²) in [6.07, 6.45) is 1.00. The highest BCUT2D eigenvalue weighted by Gasteiger charge is 2.03. The Morgan fingerprint density at radius 3 is 2.80 bits per heavy atom. The van der Waals surface area contributed by atoms with Gasteiger partial charge in [0.1, 0.15) is 0 Å². The summed E-state index contributed by atoms with van der Waals surface area (Å²) >= 11 is 1.57. The van der Waals surface area contributed by atoms with Gasteiger partial charge in [0.2, 0.25) is 0 Å². The number of thiazole rings is 1. The Bertz CT molecular complexity index is 219. The average molecular weight is 158 g/mol. The Morgan fingerprint density at radius 1 is 1.70 bits per heavy atom. The van der Waals surface area contributed by atoms with Crippen LogP contribution in [0.2, 0.25) is 0 Å². The van der Waals surface area contributed by atoms with E-state index in [0.717, 1.165) is 18.7 Å². The van der Waals surface area contributed by atoms with Crippen molar-refractivity contribution in [1.29, 1.82) is 0 Å². The van der Waals surface area contributed by atoms with Gasteiger partial charge in [-0.3, -0.25) is 0 Å². The molecule has 0 saturated carbocycles. The van der Waals surface area contributed by atoms with Crippen molar-refractivity contribution in [1.82, 2.24) is 4.98 Å². The SMILES string of the molecule is Cc1nc(N)sc1CC[NH3+]. The molecule has 1 heterocycles. The first-order valence-corrected chi connectivity index (χ1v) is 4.06. The summed E-state index contributed by atoms with van der Waals surface area (Å²) in [5, 5.41) is 0.668. The maximum Gasteiger partial charge on any atom is 0.180 e. The molecule has 10 heavy (non-hydrogen) atoms. The number of aryl methyl sites for hydroxylation is 1. The third-order valence-electron chi connectivity index (χ3n) is 1.31. The lowest BCUT2D eigenvalue weighted by atomic mass is 10.3. The molecule has 56 valence electrons. The second-order valence-electron chi connectivity index (χ2n) is 2.16. The molecule has 0 aliphatic rings. The Labute approximate surface area is 64.1 Å². The van der Waals surface area contributed by atoms with Gasteiger partial charge in [0.05, 0.1) is 12.2 Å². The van der Waals surface area contributed by atoms with Crippen LogP contribution in [-0.4, -0.2) is 11.5 Å². The number of nitrogens with zero attached hydrogens (tertiary/aromatic N) is 1. The highest BCUT2D eigenvalue weighted by Crippen LogP contribution is 2.19. The molecule has 1 rings (SSSR count). The summed E-state index contributed by atoms with van der Waals surface area (Å²) in [6.45, 7) is 2.90. The number of aromatic nitrogens is 1. The van der Waals surface area contributed by atoms with Crippen molar-refractivity contribution in [3.63, 3.8) is 0 Å². The molecular weight excluding hydrogens is 146 g/mol. The Morgan fingerprint density at radius 2 is 2.40 bits per heavy atom. The highest BCUT2D eigenvalue weighted by molar-refractivity contribution is 7.15. The number of hydrogen-bond donors (Lipinski definition) is 2. The molecule has 1 aromatic heterocycles. The number of nitrogens with two attached hydrogens (primary N) is 1. The van der Waals surface area contributed by atoms with Gasteiger partial charge in [-0.15, -0.1) is 11.3 Å². The van der Waals surface area contributed by atoms with Gasteiger partial charge >= 0.3 is 0 Å². The zero-order valence-electron chi connectivity index (χ0n) is 6.05. The van der Waals surface area contributed by atoms with Crippen molar-refractivity contribution in [3.05, 3.63) is 10.6 Å². The van der Waals surface area contributed by atoms with Crippen molar-refractivity contribution in [2.45, 2.75) is 13.3 Å². The second-order valence-corrected chi connectivity index (χ2v) is 3.28. The van der Waals surface area contributed by atoms with Gasteiger partial charge in [-0.2, -0.15) is 0 Å². The van der Waals surface area contributed by atoms with Gasteiger partial charge in [0.15, 0.2) is 5.13 Å². The van der Waals surface area contributed by atoms with Crippen LogP contribution in [0.1, 0.15) is 10.6 Å². The van der Waals surface area contributed by atoms with E-state index in [1.165, 1.54) is 4.88 Å². The van der Waals surface area contributed by atoms with Gasteiger partial charge in [0, 0.05) is 11.3 Å². The monoisotopic (exact) mass is 158 g/mol. The lowest BCUT2D eigenvalue weighted by Gasteiger charge is -1.88. The number of rotatable bonds is 2. The van der Waals surface area contributed by atoms with Crippen molar-refractivity contribution in [3.8, 4) is 0 Å². The van der Waals surface area contributed by atoms with E-state index >= 15 is 0 Å². The van der Waals surface area contributed by atoms with E-state index in [1.54, 1.807) is 11.3 Å². The third-order valence-corrected chi connectivity index (χ3v) is 2.36. The van der Waals surface area contributed by atoms with E-state index in [1.807, 2.05) is 6.92 Å². The number of hydrogen-bond acceptors (Lipinski definition) is 3. The molecule has 5 N–H and O–H groups in total. The Kier molecular flexibility index (Phi) is 2.24. The first-order chi connectivity index (χ1) is 4.74. The Balaban J connectivity index is 2.81. The largest absolute Gasteiger partial charge is 0.375 e. The smallest absolute Gasteiger partial charge is 0.180 e. The molecule has 0 unspecified atom stereocenters. The average Bonchev–Trinajstić information content (AvgIpc) is 2.13. The van der Waals surface area contributed by atoms with E-state index in [2.05, 4.69) is 10.7 Å². The quantitative estimate of drug-likeness (QED) is 0.627. The van der Waals surface area contributed by atoms with Crippen LogP contribution in [0.15, 0.2) is 0 Å². The first kappa shape index (κ1) is 7.50. The third kappa shape index (κ3) is 1.46. The minimum absolute atomic E-state index is 0.668. The summed E-state index contributed by atoms with van der Waals surface area (Å²) in [4.78, 5) is 5.37. The minimum Gasteiger partial charge on any atom is -0.375 e. The number of quaternary nitrogens is 1. The van der Waals surface area contributed by atoms with Gasteiger partial charge in [-0.05, 0) is 6.92 Å². The molecule has 0 spiro atoms. The molecule has 0 bridgehead atoms. The van der Waals surface area contributed by atoms with E-state index < -0.39 is 0 Å². The molecule has 0 aliphatic heterocycles. The first-order valence-electron chi connectivity index (χ1n) is 3.25. The summed E-state index contributed by atoms with van der Waals surface area (Å²) in [5.74, 6) is 0. The van der Waals surface area contributed by atoms with Gasteiger partial charge in [-0.1, -0.05) is 0 Å². The molecule has 1 aromatic rings. The van der Waals surface area contributed by atoms with E-state index in [4.69, 9.17) is 5.73 Å². The van der Waals surface area contributed by atoms with Crippen LogP contribution in [0, 0.1) is 6.92 Å². The van der Waals surface area contributed by atoms with Crippen LogP contribution in [0.4, 0.5) is 5.13 Å². The van der Waals surface area contributed by atoms with Crippen LogP contribution < -0.4 is 11.5 Å². The molecule has 4 heteroatoms. The van der Waals surface area contributed by atoms with Gasteiger partial charge in [0.25, 0.3) is 0 Å². The molecule has 0 saturated heterocycles. The van der Waals surface area contributed by atoms with Crippen LogP contribution in [0.25, 0.3) is 0 Å². The lowest BCUT2D eigenvalue weighted by molar-refractivity contribution is -0.366. The van der Waals surface area contributed by atoms with E-state index in [0.29, 0.717) is 5.13 Å². The van der Waals surface area contributed by atoms with Crippen LogP contribution in [0.5, 0.6) is 0 Å². The summed E-state index contributed by atoms with van der Waals surface area (Å²) < 4.78 is 0. The van der Waals surface area contributed by atoms with Crippen molar-refractivity contribution < 1.29 is 5.73 Å². The molecular formula is C6H12N3S+. The van der Waals surface area contributed by atoms with Crippen LogP contribution >= 0.6 is 11.3 Å². The summed E-state index contributed by atoms with van der Waals surface area (Å²) in [6, 6.07) is 0. The van der Waals surface area contributed by atoms with Crippen molar-refractivity contribution >= 4 is 16.5 Å². The fraction of sp³-hybridized carbons (Fsp3) is 0.500. The van der Waals surface area contributed by atoms with Gasteiger partial charge < -0.3 is 11.5 Å². The Hall–Kier alpha value is -0.610. The lowest BCUT2D eigenvalue weighted by Crippen LogP contribution is -2.51. The highest BCUT2D eigenvalue weighted by atomic mass is 32.1. The topological polar surface area (TPSA) is 66.5 Å². The number of anilines is 1. The predicted octanol–water partition coefficient (Wildman–Crippen LogP) is -0.182. The maximum absolute atomic E-state index is 5.50. The van der Waals surface area contributed by atoms with Crippen molar-refractivity contribution in [2.24, 2.45) is 0 Å². The van der Waals surface area contributed by atoms with Gasteiger partial charge in [-0.25, -0.2) is 4.98 Å². The summed E-state index contributed by atoms with van der Waals surface area (Å²) in [7, 11) is 0. The maximum atomic E-state index is 5.50. The van der Waals surface area contributed by atoms with Crippen LogP contribution in [-0.2, 0) is 6.42 Å². The van der Waals surface area contributed by atoms with Crippen molar-refractivity contribution in [2.75, 3.05) is 12.3 Å². The molecule has 0 atom stereocenters. The zero-order valence-corrected chi connectivity index (χ0v) is 6.87. The fourth-order valence-electron chi connectivity index (χ4n) is 0.843. The second kappa shape index (κ2) is 2.98. The molecule has 0 amide bonds. The molecule has 0 aromatic carbocycles. The zero-order chi connectivity index (χ0) is 7.56. The number of nitrogen functional groups attached to an aromatic ring is 1. The molecule has 0 aliphatic carbocycles. The summed E-state index contributed by atoms with van der Waals surface area (Å²) in [5.41, 5.74) is 10.3. The normalized spacial score (nSPS) is 10.2. The van der Waals surface area contributed by atoms with E-state index in [-0.39, 0.29) is 0 Å². The van der Waals surface area contributed by atoms with E-state index in [9.17, 15) is 0 Å². The fourth-order valence-corrected chi connectivity index (χ4v) is 1.72. The van der Waals surface area contributed by atoms with Crippen LogP contribution in [0.3, 0.4) is 0 Å². The minimum atomic E-state index is 0.668. The molecule has 0 fully saturated rings.